The summed E-state index contributed by atoms with van der Waals surface area (Å²) in [7, 11) is 0.591. The van der Waals surface area contributed by atoms with E-state index in [4.69, 9.17) is 4.74 Å². The van der Waals surface area contributed by atoms with Gasteiger partial charge < -0.3 is 15.0 Å². The second kappa shape index (κ2) is 7.26. The van der Waals surface area contributed by atoms with Crippen molar-refractivity contribution in [3.8, 4) is 5.75 Å². The van der Waals surface area contributed by atoms with Gasteiger partial charge in [0.1, 0.15) is 23.7 Å². The number of hydrogen-bond donors (Lipinski definition) is 1. The molecule has 0 saturated carbocycles. The lowest BCUT2D eigenvalue weighted by Gasteiger charge is -2.24. The van der Waals surface area contributed by atoms with Gasteiger partial charge in [-0.2, -0.15) is 0 Å². The molecule has 1 fully saturated rings. The summed E-state index contributed by atoms with van der Waals surface area (Å²) in [5.74, 6) is 2.63. The average molecular weight is 362 g/mol. The molecule has 0 aliphatic carbocycles. The fourth-order valence-corrected chi connectivity index (χ4v) is 4.71. The first kappa shape index (κ1) is 17.5. The average Bonchev–Trinajstić information content (AvgIpc) is 2.99. The Bertz CT molecular complexity index is 841. The number of nitrogens with one attached hydrogen (secondary N) is 1. The Morgan fingerprint density at radius 2 is 2.12 bits per heavy atom. The molecule has 1 aliphatic heterocycles. The van der Waals surface area contributed by atoms with Gasteiger partial charge in [0.25, 0.3) is 0 Å². The van der Waals surface area contributed by atoms with Crippen LogP contribution in [0.3, 0.4) is 0 Å². The fraction of sp³-hybridized carbons (Fsp3) is 0.412. The standard InChI is InChI=1S/C17H22N4O3S/c1-21(14-7-8-25(22,23)11-14)17-9-16(19-12-20-17)18-10-13-5-3-4-6-15(13)24-2/h3-6,9,12,14H,7-8,10-11H2,1-2H3,(H,18,19,20). The highest BCUT2D eigenvalue weighted by Crippen LogP contribution is 2.23. The third kappa shape index (κ3) is 4.19. The largest absolute Gasteiger partial charge is 0.496 e. The Balaban J connectivity index is 1.69. The number of rotatable bonds is 6. The van der Waals surface area contributed by atoms with E-state index < -0.39 is 9.84 Å². The van der Waals surface area contributed by atoms with Gasteiger partial charge in [-0.05, 0) is 12.5 Å². The van der Waals surface area contributed by atoms with Crippen LogP contribution >= 0.6 is 0 Å². The lowest BCUT2D eigenvalue weighted by Crippen LogP contribution is -2.33. The molecule has 1 aromatic heterocycles. The Morgan fingerprint density at radius 3 is 2.84 bits per heavy atom. The first-order valence-electron chi connectivity index (χ1n) is 8.09. The summed E-state index contributed by atoms with van der Waals surface area (Å²) in [5, 5.41) is 3.26. The maximum Gasteiger partial charge on any atom is 0.152 e. The van der Waals surface area contributed by atoms with Gasteiger partial charge in [-0.3, -0.25) is 0 Å². The third-order valence-corrected chi connectivity index (χ3v) is 6.17. The molecule has 3 rings (SSSR count). The Morgan fingerprint density at radius 1 is 1.32 bits per heavy atom. The smallest absolute Gasteiger partial charge is 0.152 e. The molecular weight excluding hydrogens is 340 g/mol. The molecule has 1 aliphatic rings. The molecule has 2 aromatic rings. The lowest BCUT2D eigenvalue weighted by molar-refractivity contribution is 0.410. The van der Waals surface area contributed by atoms with E-state index in [1.807, 2.05) is 42.3 Å². The zero-order chi connectivity index (χ0) is 17.9. The van der Waals surface area contributed by atoms with Crippen molar-refractivity contribution >= 4 is 21.5 Å². The Labute approximate surface area is 148 Å². The zero-order valence-corrected chi connectivity index (χ0v) is 15.2. The molecule has 1 saturated heterocycles. The number of ether oxygens (including phenoxy) is 1. The molecule has 0 radical (unpaired) electrons. The van der Waals surface area contributed by atoms with E-state index in [2.05, 4.69) is 15.3 Å². The maximum absolute atomic E-state index is 11.7. The minimum absolute atomic E-state index is 0.0398. The van der Waals surface area contributed by atoms with Crippen LogP contribution < -0.4 is 15.0 Å². The summed E-state index contributed by atoms with van der Waals surface area (Å²) in [4.78, 5) is 10.4. The summed E-state index contributed by atoms with van der Waals surface area (Å²) in [6.07, 6.45) is 2.12. The van der Waals surface area contributed by atoms with Crippen LogP contribution in [-0.2, 0) is 16.4 Å². The maximum atomic E-state index is 11.7. The molecule has 0 amide bonds. The van der Waals surface area contributed by atoms with Crippen molar-refractivity contribution in [2.45, 2.75) is 19.0 Å². The second-order valence-electron chi connectivity index (χ2n) is 6.09. The van der Waals surface area contributed by atoms with Crippen molar-refractivity contribution in [2.75, 3.05) is 35.9 Å². The molecule has 134 valence electrons. The number of hydrogen-bond acceptors (Lipinski definition) is 7. The number of nitrogens with zero attached hydrogens (tertiary/aromatic N) is 3. The molecule has 8 heteroatoms. The van der Waals surface area contributed by atoms with Crippen LogP contribution in [0, 0.1) is 0 Å². The van der Waals surface area contributed by atoms with Gasteiger partial charge in [-0.25, -0.2) is 18.4 Å². The summed E-state index contributed by atoms with van der Waals surface area (Å²) in [6, 6.07) is 9.58. The van der Waals surface area contributed by atoms with Crippen LogP contribution in [0.15, 0.2) is 36.7 Å². The van der Waals surface area contributed by atoms with Crippen LogP contribution in [0.4, 0.5) is 11.6 Å². The number of para-hydroxylation sites is 1. The third-order valence-electron chi connectivity index (χ3n) is 4.42. The molecule has 7 nitrogen and oxygen atoms in total. The number of methoxy groups -OCH3 is 1. The van der Waals surface area contributed by atoms with Gasteiger partial charge in [0.05, 0.1) is 18.6 Å². The molecule has 1 N–H and O–H groups in total. The molecular formula is C17H22N4O3S. The molecule has 2 heterocycles. The van der Waals surface area contributed by atoms with Gasteiger partial charge in [-0.1, -0.05) is 18.2 Å². The summed E-state index contributed by atoms with van der Waals surface area (Å²) in [5.41, 5.74) is 1.03. The lowest BCUT2D eigenvalue weighted by atomic mass is 10.2. The highest BCUT2D eigenvalue weighted by atomic mass is 32.2. The quantitative estimate of drug-likeness (QED) is 0.837. The molecule has 0 spiro atoms. The van der Waals surface area contributed by atoms with E-state index in [1.54, 1.807) is 7.11 Å². The van der Waals surface area contributed by atoms with E-state index in [0.717, 1.165) is 11.3 Å². The van der Waals surface area contributed by atoms with Gasteiger partial charge >= 0.3 is 0 Å². The predicted octanol–water partition coefficient (Wildman–Crippen LogP) is 1.72. The van der Waals surface area contributed by atoms with Crippen molar-refractivity contribution in [2.24, 2.45) is 0 Å². The van der Waals surface area contributed by atoms with Crippen LogP contribution in [0.2, 0.25) is 0 Å². The summed E-state index contributed by atoms with van der Waals surface area (Å²) < 4.78 is 28.7. The first-order valence-corrected chi connectivity index (χ1v) is 9.92. The molecule has 1 aromatic carbocycles. The predicted molar refractivity (Wildman–Crippen MR) is 97.8 cm³/mol. The van der Waals surface area contributed by atoms with E-state index >= 15 is 0 Å². The molecule has 1 unspecified atom stereocenters. The topological polar surface area (TPSA) is 84.4 Å². The van der Waals surface area contributed by atoms with Crippen molar-refractivity contribution in [3.63, 3.8) is 0 Å². The monoisotopic (exact) mass is 362 g/mol. The second-order valence-corrected chi connectivity index (χ2v) is 8.32. The van der Waals surface area contributed by atoms with Crippen molar-refractivity contribution in [1.82, 2.24) is 9.97 Å². The van der Waals surface area contributed by atoms with Crippen molar-refractivity contribution < 1.29 is 13.2 Å². The number of aromatic nitrogens is 2. The fourth-order valence-electron chi connectivity index (χ4n) is 2.94. The normalized spacial score (nSPS) is 18.7. The van der Waals surface area contributed by atoms with Gasteiger partial charge in [0, 0.05) is 31.3 Å². The number of sulfone groups is 1. The van der Waals surface area contributed by atoms with Gasteiger partial charge in [-0.15, -0.1) is 0 Å². The number of anilines is 2. The molecule has 0 bridgehead atoms. The number of benzene rings is 1. The van der Waals surface area contributed by atoms with Crippen LogP contribution in [0.25, 0.3) is 0 Å². The summed E-state index contributed by atoms with van der Waals surface area (Å²) >= 11 is 0. The van der Waals surface area contributed by atoms with Gasteiger partial charge in [0.2, 0.25) is 0 Å². The van der Waals surface area contributed by atoms with Crippen LogP contribution in [0.1, 0.15) is 12.0 Å². The minimum Gasteiger partial charge on any atom is -0.496 e. The Hall–Kier alpha value is -2.35. The van der Waals surface area contributed by atoms with Crippen molar-refractivity contribution in [1.29, 1.82) is 0 Å². The highest BCUT2D eigenvalue weighted by Gasteiger charge is 2.31. The van der Waals surface area contributed by atoms with Crippen LogP contribution in [-0.4, -0.2) is 50.1 Å². The summed E-state index contributed by atoms with van der Waals surface area (Å²) in [6.45, 7) is 0.571. The first-order chi connectivity index (χ1) is 12.0. The SMILES string of the molecule is COc1ccccc1CNc1cc(N(C)C2CCS(=O)(=O)C2)ncn1. The molecule has 25 heavy (non-hydrogen) atoms. The van der Waals surface area contributed by atoms with Gasteiger partial charge in [0.15, 0.2) is 9.84 Å². The van der Waals surface area contributed by atoms with E-state index in [1.165, 1.54) is 6.33 Å². The van der Waals surface area contributed by atoms with E-state index in [9.17, 15) is 8.42 Å². The van der Waals surface area contributed by atoms with Crippen molar-refractivity contribution in [3.05, 3.63) is 42.2 Å². The minimum atomic E-state index is -2.93. The van der Waals surface area contributed by atoms with Crippen LogP contribution in [0.5, 0.6) is 5.75 Å². The Kier molecular flexibility index (Phi) is 5.08. The highest BCUT2D eigenvalue weighted by molar-refractivity contribution is 7.91. The van der Waals surface area contributed by atoms with E-state index in [-0.39, 0.29) is 17.5 Å². The zero-order valence-electron chi connectivity index (χ0n) is 14.3. The molecule has 1 atom stereocenters. The van der Waals surface area contributed by atoms with E-state index in [0.29, 0.717) is 24.6 Å².